The molecule has 158 valence electrons. The van der Waals surface area contributed by atoms with Crippen molar-refractivity contribution in [1.29, 1.82) is 0 Å². The van der Waals surface area contributed by atoms with Crippen LogP contribution in [0.25, 0.3) is 0 Å². The van der Waals surface area contributed by atoms with Crippen molar-refractivity contribution in [2.45, 2.75) is 19.5 Å². The first-order valence-corrected chi connectivity index (χ1v) is 9.47. The number of nitrogens with one attached hydrogen (secondary N) is 2. The molecule has 1 aromatic heterocycles. The fraction of sp³-hybridized carbons (Fsp3) is 0.667. The Hall–Kier alpha value is -2.07. The number of hydrogen-bond donors (Lipinski definition) is 2. The Balaban J connectivity index is 1.66. The van der Waals surface area contributed by atoms with Gasteiger partial charge in [0.25, 0.3) is 0 Å². The molecule has 1 fully saturated rings. The number of ether oxygens (including phenoxy) is 2. The SMILES string of the molecule is CCNC(=NCCCN1CCOCC1)NCCOc1ccc(C(F)(F)F)cn1. The predicted octanol–water partition coefficient (Wildman–Crippen LogP) is 1.76. The molecule has 1 aliphatic rings. The fourth-order valence-corrected chi connectivity index (χ4v) is 2.61. The molecule has 2 heterocycles. The van der Waals surface area contributed by atoms with Crippen LogP contribution in [0.5, 0.6) is 5.88 Å². The summed E-state index contributed by atoms with van der Waals surface area (Å²) in [6, 6.07) is 2.17. The van der Waals surface area contributed by atoms with Gasteiger partial charge in [-0.05, 0) is 19.4 Å². The van der Waals surface area contributed by atoms with Crippen molar-refractivity contribution in [3.63, 3.8) is 0 Å². The minimum Gasteiger partial charge on any atom is -0.476 e. The molecule has 2 rings (SSSR count). The lowest BCUT2D eigenvalue weighted by molar-refractivity contribution is -0.137. The summed E-state index contributed by atoms with van der Waals surface area (Å²) in [5, 5.41) is 6.29. The minimum atomic E-state index is -4.40. The van der Waals surface area contributed by atoms with E-state index in [-0.39, 0.29) is 12.5 Å². The second-order valence-electron chi connectivity index (χ2n) is 6.23. The molecule has 0 saturated carbocycles. The summed E-state index contributed by atoms with van der Waals surface area (Å²) in [6.07, 6.45) is -2.67. The first-order valence-electron chi connectivity index (χ1n) is 9.47. The summed E-state index contributed by atoms with van der Waals surface area (Å²) in [6.45, 7) is 8.65. The van der Waals surface area contributed by atoms with Crippen LogP contribution < -0.4 is 15.4 Å². The molecule has 0 atom stereocenters. The molecule has 0 bridgehead atoms. The van der Waals surface area contributed by atoms with E-state index in [1.165, 1.54) is 6.07 Å². The molecule has 0 unspecified atom stereocenters. The summed E-state index contributed by atoms with van der Waals surface area (Å²) < 4.78 is 48.2. The van der Waals surface area contributed by atoms with E-state index in [1.54, 1.807) is 0 Å². The van der Waals surface area contributed by atoms with Crippen molar-refractivity contribution in [2.75, 3.05) is 59.1 Å². The van der Waals surface area contributed by atoms with Crippen molar-refractivity contribution in [1.82, 2.24) is 20.5 Å². The van der Waals surface area contributed by atoms with Gasteiger partial charge in [0.2, 0.25) is 5.88 Å². The molecule has 1 aliphatic heterocycles. The van der Waals surface area contributed by atoms with E-state index in [4.69, 9.17) is 9.47 Å². The molecule has 0 spiro atoms. The third kappa shape index (κ3) is 8.30. The molecule has 1 saturated heterocycles. The number of pyridine rings is 1. The van der Waals surface area contributed by atoms with Gasteiger partial charge in [-0.15, -0.1) is 0 Å². The van der Waals surface area contributed by atoms with Crippen molar-refractivity contribution >= 4 is 5.96 Å². The Bertz CT molecular complexity index is 590. The normalized spacial score (nSPS) is 16.1. The first-order chi connectivity index (χ1) is 13.5. The molecule has 28 heavy (non-hydrogen) atoms. The number of rotatable bonds is 9. The van der Waals surface area contributed by atoms with Crippen LogP contribution >= 0.6 is 0 Å². The largest absolute Gasteiger partial charge is 0.476 e. The van der Waals surface area contributed by atoms with Gasteiger partial charge in [-0.25, -0.2) is 4.98 Å². The molecule has 2 N–H and O–H groups in total. The van der Waals surface area contributed by atoms with Gasteiger partial charge < -0.3 is 20.1 Å². The van der Waals surface area contributed by atoms with E-state index in [1.807, 2.05) is 6.92 Å². The summed E-state index contributed by atoms with van der Waals surface area (Å²) >= 11 is 0. The third-order valence-electron chi connectivity index (χ3n) is 4.06. The maximum absolute atomic E-state index is 12.5. The quantitative estimate of drug-likeness (QED) is 0.372. The van der Waals surface area contributed by atoms with Crippen molar-refractivity contribution in [3.8, 4) is 5.88 Å². The summed E-state index contributed by atoms with van der Waals surface area (Å²) in [5.74, 6) is 0.843. The number of alkyl halides is 3. The van der Waals surface area contributed by atoms with Crippen LogP contribution in [-0.2, 0) is 10.9 Å². The zero-order valence-electron chi connectivity index (χ0n) is 16.1. The average molecular weight is 403 g/mol. The van der Waals surface area contributed by atoms with E-state index >= 15 is 0 Å². The standard InChI is InChI=1S/C18H28F3N5O2/c1-2-22-17(23-6-3-8-26-9-12-27-13-10-26)24-7-11-28-16-5-4-15(14-25-16)18(19,20)21/h4-5,14H,2-3,6-13H2,1H3,(H2,22,23,24). The highest BCUT2D eigenvalue weighted by molar-refractivity contribution is 5.79. The lowest BCUT2D eigenvalue weighted by Crippen LogP contribution is -2.40. The van der Waals surface area contributed by atoms with Crippen LogP contribution in [-0.4, -0.2) is 74.9 Å². The zero-order chi connectivity index (χ0) is 20.2. The minimum absolute atomic E-state index is 0.155. The van der Waals surface area contributed by atoms with E-state index in [0.717, 1.165) is 58.1 Å². The van der Waals surface area contributed by atoms with E-state index in [2.05, 4.69) is 25.5 Å². The maximum atomic E-state index is 12.5. The van der Waals surface area contributed by atoms with Crippen molar-refractivity contribution < 1.29 is 22.6 Å². The number of halogens is 3. The van der Waals surface area contributed by atoms with Gasteiger partial charge in [0, 0.05) is 45.0 Å². The zero-order valence-corrected chi connectivity index (χ0v) is 16.1. The van der Waals surface area contributed by atoms with E-state index in [0.29, 0.717) is 19.0 Å². The number of morpholine rings is 1. The molecule has 0 aromatic carbocycles. The average Bonchev–Trinajstić information content (AvgIpc) is 2.69. The van der Waals surface area contributed by atoms with Crippen LogP contribution in [0, 0.1) is 0 Å². The van der Waals surface area contributed by atoms with Crippen molar-refractivity contribution in [2.24, 2.45) is 4.99 Å². The van der Waals surface area contributed by atoms with Crippen LogP contribution in [0.2, 0.25) is 0 Å². The van der Waals surface area contributed by atoms with Gasteiger partial charge in [-0.2, -0.15) is 13.2 Å². The van der Waals surface area contributed by atoms with Gasteiger partial charge in [0.05, 0.1) is 25.3 Å². The Kier molecular flexibility index (Phi) is 9.29. The van der Waals surface area contributed by atoms with Gasteiger partial charge in [-0.1, -0.05) is 0 Å². The molecule has 7 nitrogen and oxygen atoms in total. The van der Waals surface area contributed by atoms with Crippen molar-refractivity contribution in [3.05, 3.63) is 23.9 Å². The molecular formula is C18H28F3N5O2. The molecule has 0 aliphatic carbocycles. The Morgan fingerprint density at radius 2 is 2.07 bits per heavy atom. The predicted molar refractivity (Wildman–Crippen MR) is 101 cm³/mol. The second kappa shape index (κ2) is 11.7. The smallest absolute Gasteiger partial charge is 0.417 e. The van der Waals surface area contributed by atoms with Gasteiger partial charge in [0.1, 0.15) is 6.61 Å². The van der Waals surface area contributed by atoms with Crippen LogP contribution in [0.1, 0.15) is 18.9 Å². The molecule has 0 radical (unpaired) electrons. The summed E-state index contributed by atoms with van der Waals surface area (Å²) in [4.78, 5) is 10.6. The highest BCUT2D eigenvalue weighted by atomic mass is 19.4. The molecule has 0 amide bonds. The lowest BCUT2D eigenvalue weighted by Gasteiger charge is -2.26. The molecule has 10 heteroatoms. The third-order valence-corrected chi connectivity index (χ3v) is 4.06. The highest BCUT2D eigenvalue weighted by Crippen LogP contribution is 2.29. The van der Waals surface area contributed by atoms with Crippen LogP contribution in [0.4, 0.5) is 13.2 Å². The topological polar surface area (TPSA) is 71.0 Å². The van der Waals surface area contributed by atoms with Crippen LogP contribution in [0.3, 0.4) is 0 Å². The van der Waals surface area contributed by atoms with Gasteiger partial charge in [0.15, 0.2) is 5.96 Å². The number of nitrogens with zero attached hydrogens (tertiary/aromatic N) is 3. The van der Waals surface area contributed by atoms with Crippen LogP contribution in [0.15, 0.2) is 23.3 Å². The number of aliphatic imine (C=N–C) groups is 1. The van der Waals surface area contributed by atoms with E-state index in [9.17, 15) is 13.2 Å². The Morgan fingerprint density at radius 3 is 2.71 bits per heavy atom. The molecule has 1 aromatic rings. The summed E-state index contributed by atoms with van der Waals surface area (Å²) in [5.41, 5.74) is -0.795. The summed E-state index contributed by atoms with van der Waals surface area (Å²) in [7, 11) is 0. The maximum Gasteiger partial charge on any atom is 0.417 e. The second-order valence-corrected chi connectivity index (χ2v) is 6.23. The first kappa shape index (κ1) is 22.2. The monoisotopic (exact) mass is 403 g/mol. The number of hydrogen-bond acceptors (Lipinski definition) is 5. The van der Waals surface area contributed by atoms with E-state index < -0.39 is 11.7 Å². The Morgan fingerprint density at radius 1 is 1.29 bits per heavy atom. The number of guanidine groups is 1. The highest BCUT2D eigenvalue weighted by Gasteiger charge is 2.30. The van der Waals surface area contributed by atoms with Gasteiger partial charge in [-0.3, -0.25) is 9.89 Å². The number of aromatic nitrogens is 1. The Labute approximate surface area is 163 Å². The van der Waals surface area contributed by atoms with Gasteiger partial charge >= 0.3 is 6.18 Å². The fourth-order valence-electron chi connectivity index (χ4n) is 2.61. The molecular weight excluding hydrogens is 375 g/mol. The lowest BCUT2D eigenvalue weighted by atomic mass is 10.3.